The second-order valence-corrected chi connectivity index (χ2v) is 15.2. The topological polar surface area (TPSA) is 6.48 Å². The zero-order valence-electron chi connectivity index (χ0n) is 31.2. The molecule has 270 valence electrons. The van der Waals surface area contributed by atoms with E-state index < -0.39 is 0 Å². The van der Waals surface area contributed by atoms with E-state index in [0.717, 1.165) is 45.3 Å². The molecule has 0 saturated carbocycles. The summed E-state index contributed by atoms with van der Waals surface area (Å²) >= 11 is 1.86. The largest absolute Gasteiger partial charge is 0.310 e. The monoisotopic (exact) mass is 746 g/mol. The third-order valence-corrected chi connectivity index (χ3v) is 11.8. The lowest BCUT2D eigenvalue weighted by Crippen LogP contribution is -2.13. The van der Waals surface area contributed by atoms with Gasteiger partial charge in [0.2, 0.25) is 0 Å². The lowest BCUT2D eigenvalue weighted by molar-refractivity contribution is 1.26. The van der Waals surface area contributed by atoms with Crippen molar-refractivity contribution in [3.63, 3.8) is 0 Å². The highest BCUT2D eigenvalue weighted by atomic mass is 32.1. The van der Waals surface area contributed by atoms with E-state index in [1.165, 1.54) is 42.4 Å². The van der Waals surface area contributed by atoms with Crippen molar-refractivity contribution >= 4 is 65.6 Å². The van der Waals surface area contributed by atoms with Gasteiger partial charge in [0.05, 0.1) is 10.4 Å². The van der Waals surface area contributed by atoms with Crippen LogP contribution in [0.5, 0.6) is 0 Å². The van der Waals surface area contributed by atoms with Crippen LogP contribution in [0.1, 0.15) is 0 Å². The van der Waals surface area contributed by atoms with Crippen molar-refractivity contribution in [1.82, 2.24) is 0 Å². The minimum Gasteiger partial charge on any atom is -0.310 e. The van der Waals surface area contributed by atoms with Gasteiger partial charge in [0.25, 0.3) is 0 Å². The lowest BCUT2D eigenvalue weighted by atomic mass is 10.0. The molecule has 10 rings (SSSR count). The molecule has 0 atom stereocenters. The fourth-order valence-electron chi connectivity index (χ4n) is 7.88. The van der Waals surface area contributed by atoms with Crippen molar-refractivity contribution < 1.29 is 0 Å². The maximum absolute atomic E-state index is 2.43. The van der Waals surface area contributed by atoms with E-state index in [1.807, 2.05) is 11.3 Å². The van der Waals surface area contributed by atoms with Crippen molar-refractivity contribution in [2.24, 2.45) is 0 Å². The number of benzene rings is 9. The first kappa shape index (κ1) is 34.3. The van der Waals surface area contributed by atoms with Gasteiger partial charge in [-0.05, 0) is 100 Å². The molecule has 0 fully saturated rings. The van der Waals surface area contributed by atoms with Crippen LogP contribution in [0.2, 0.25) is 0 Å². The van der Waals surface area contributed by atoms with E-state index in [0.29, 0.717) is 0 Å². The number of hydrogen-bond donors (Lipinski definition) is 0. The predicted octanol–water partition coefficient (Wildman–Crippen LogP) is 16.0. The SMILES string of the molecule is c1ccc(-c2ccc(N(c3ccc(-c4ccccc4)cc3)c3cc(-c4ccccc4)cc(N(c4ccccc4)c4cccc5c4sc4ccccc45)c3)cc2)cc1. The Kier molecular flexibility index (Phi) is 9.11. The van der Waals surface area contributed by atoms with Gasteiger partial charge in [-0.3, -0.25) is 0 Å². The van der Waals surface area contributed by atoms with E-state index >= 15 is 0 Å². The zero-order chi connectivity index (χ0) is 38.0. The van der Waals surface area contributed by atoms with Gasteiger partial charge < -0.3 is 9.80 Å². The predicted molar refractivity (Wildman–Crippen MR) is 245 cm³/mol. The second kappa shape index (κ2) is 15.1. The molecule has 3 heteroatoms. The molecule has 0 bridgehead atoms. The smallest absolute Gasteiger partial charge is 0.0640 e. The Bertz CT molecular complexity index is 2840. The van der Waals surface area contributed by atoms with Crippen LogP contribution in [0.15, 0.2) is 231 Å². The molecule has 0 unspecified atom stereocenters. The second-order valence-electron chi connectivity index (χ2n) is 14.2. The van der Waals surface area contributed by atoms with Gasteiger partial charge in [-0.2, -0.15) is 0 Å². The molecule has 9 aromatic carbocycles. The number of para-hydroxylation sites is 1. The third-order valence-electron chi connectivity index (χ3n) is 10.6. The normalized spacial score (nSPS) is 11.2. The number of hydrogen-bond acceptors (Lipinski definition) is 3. The van der Waals surface area contributed by atoms with Crippen LogP contribution in [0.3, 0.4) is 0 Å². The highest BCUT2D eigenvalue weighted by Crippen LogP contribution is 2.47. The van der Waals surface area contributed by atoms with E-state index in [9.17, 15) is 0 Å². The number of rotatable bonds is 9. The number of fused-ring (bicyclic) bond motifs is 3. The van der Waals surface area contributed by atoms with Gasteiger partial charge >= 0.3 is 0 Å². The molecular formula is C54H38N2S. The molecule has 0 aliphatic carbocycles. The van der Waals surface area contributed by atoms with Crippen molar-refractivity contribution in [2.75, 3.05) is 9.80 Å². The fraction of sp³-hybridized carbons (Fsp3) is 0. The summed E-state index contributed by atoms with van der Waals surface area (Å²) in [7, 11) is 0. The van der Waals surface area contributed by atoms with Crippen molar-refractivity contribution in [3.8, 4) is 33.4 Å². The van der Waals surface area contributed by atoms with Crippen LogP contribution in [0.4, 0.5) is 34.1 Å². The summed E-state index contributed by atoms with van der Waals surface area (Å²) in [6.07, 6.45) is 0. The van der Waals surface area contributed by atoms with Gasteiger partial charge in [-0.25, -0.2) is 0 Å². The van der Waals surface area contributed by atoms with Crippen LogP contribution >= 0.6 is 11.3 Å². The summed E-state index contributed by atoms with van der Waals surface area (Å²) in [5.41, 5.74) is 13.6. The van der Waals surface area contributed by atoms with Gasteiger partial charge in [-0.1, -0.05) is 164 Å². The zero-order valence-corrected chi connectivity index (χ0v) is 32.1. The molecule has 0 radical (unpaired) electrons. The molecule has 57 heavy (non-hydrogen) atoms. The highest BCUT2D eigenvalue weighted by molar-refractivity contribution is 7.26. The molecule has 10 aromatic rings. The molecule has 1 aromatic heterocycles. The van der Waals surface area contributed by atoms with Crippen LogP contribution < -0.4 is 9.80 Å². The quantitative estimate of drug-likeness (QED) is 0.145. The highest BCUT2D eigenvalue weighted by Gasteiger charge is 2.22. The summed E-state index contributed by atoms with van der Waals surface area (Å²) in [5.74, 6) is 0. The number of nitrogens with zero attached hydrogens (tertiary/aromatic N) is 2. The minimum absolute atomic E-state index is 1.07. The molecule has 0 aliphatic rings. The molecule has 0 spiro atoms. The van der Waals surface area contributed by atoms with E-state index in [1.54, 1.807) is 0 Å². The Morgan fingerprint density at radius 1 is 0.263 bits per heavy atom. The molecule has 1 heterocycles. The number of anilines is 6. The molecule has 2 nitrogen and oxygen atoms in total. The van der Waals surface area contributed by atoms with Crippen molar-refractivity contribution in [2.45, 2.75) is 0 Å². The van der Waals surface area contributed by atoms with Gasteiger partial charge in [-0.15, -0.1) is 11.3 Å². The molecule has 0 aliphatic heterocycles. The average Bonchev–Trinajstić information content (AvgIpc) is 3.68. The Morgan fingerprint density at radius 2 is 0.684 bits per heavy atom. The fourth-order valence-corrected chi connectivity index (χ4v) is 9.08. The summed E-state index contributed by atoms with van der Waals surface area (Å²) in [6.45, 7) is 0. The number of thiophene rings is 1. The van der Waals surface area contributed by atoms with Crippen molar-refractivity contribution in [3.05, 3.63) is 231 Å². The van der Waals surface area contributed by atoms with E-state index in [4.69, 9.17) is 0 Å². The first-order valence-electron chi connectivity index (χ1n) is 19.3. The van der Waals surface area contributed by atoms with Gasteiger partial charge in [0.1, 0.15) is 0 Å². The maximum Gasteiger partial charge on any atom is 0.0640 e. The van der Waals surface area contributed by atoms with Gasteiger partial charge in [0, 0.05) is 43.9 Å². The Hall–Kier alpha value is -7.20. The molecule has 0 amide bonds. The molecule has 0 saturated heterocycles. The summed E-state index contributed by atoms with van der Waals surface area (Å²) in [4.78, 5) is 4.82. The Morgan fingerprint density at radius 3 is 1.25 bits per heavy atom. The Balaban J connectivity index is 1.20. The summed E-state index contributed by atoms with van der Waals surface area (Å²) in [5, 5.41) is 2.56. The third kappa shape index (κ3) is 6.75. The standard InChI is InChI=1S/C54H38N2S/c1-5-16-39(17-6-1)42-28-32-46(33-29-42)55(47-34-30-43(31-35-47)40-18-7-2-8-19-40)48-36-44(41-20-9-3-10-21-41)37-49(38-48)56(45-22-11-4-12-23-45)52-26-15-25-51-50-24-13-14-27-53(50)57-54(51)52/h1-38H. The summed E-state index contributed by atoms with van der Waals surface area (Å²) < 4.78 is 2.55. The van der Waals surface area contributed by atoms with Crippen LogP contribution in [-0.2, 0) is 0 Å². The van der Waals surface area contributed by atoms with Crippen molar-refractivity contribution in [1.29, 1.82) is 0 Å². The van der Waals surface area contributed by atoms with Gasteiger partial charge in [0.15, 0.2) is 0 Å². The molecule has 0 N–H and O–H groups in total. The first-order valence-corrected chi connectivity index (χ1v) is 20.2. The Labute approximate surface area is 337 Å². The van der Waals surface area contributed by atoms with Crippen LogP contribution in [-0.4, -0.2) is 0 Å². The van der Waals surface area contributed by atoms with Crippen LogP contribution in [0, 0.1) is 0 Å². The maximum atomic E-state index is 2.43. The minimum atomic E-state index is 1.07. The first-order chi connectivity index (χ1) is 28.3. The lowest BCUT2D eigenvalue weighted by Gasteiger charge is -2.30. The van der Waals surface area contributed by atoms with E-state index in [2.05, 4.69) is 240 Å². The van der Waals surface area contributed by atoms with Crippen LogP contribution in [0.25, 0.3) is 53.6 Å². The average molecular weight is 747 g/mol. The van der Waals surface area contributed by atoms with E-state index in [-0.39, 0.29) is 0 Å². The molecular weight excluding hydrogens is 709 g/mol. The summed E-state index contributed by atoms with van der Waals surface area (Å²) in [6, 6.07) is 83.1.